The van der Waals surface area contributed by atoms with E-state index in [1.165, 1.54) is 10.4 Å². The molecule has 0 amide bonds. The summed E-state index contributed by atoms with van der Waals surface area (Å²) >= 11 is 11.3. The zero-order valence-electron chi connectivity index (χ0n) is 11.7. The van der Waals surface area contributed by atoms with Gasteiger partial charge in [0.05, 0.1) is 22.0 Å². The molecule has 1 atom stereocenters. The molecule has 1 heterocycles. The molecule has 0 radical (unpaired) electrons. The normalized spacial score (nSPS) is 12.4. The van der Waals surface area contributed by atoms with Crippen molar-refractivity contribution >= 4 is 38.9 Å². The summed E-state index contributed by atoms with van der Waals surface area (Å²) in [4.78, 5) is 1.17. The molecule has 0 aliphatic heterocycles. The summed E-state index contributed by atoms with van der Waals surface area (Å²) in [5.74, 6) is 0.891. The number of methoxy groups -OCH3 is 1. The maximum Gasteiger partial charge on any atom is 0.124 e. The van der Waals surface area contributed by atoms with Gasteiger partial charge in [-0.25, -0.2) is 0 Å². The van der Waals surface area contributed by atoms with Crippen molar-refractivity contribution in [3.63, 3.8) is 0 Å². The molecular weight excluding hydrogens is 358 g/mol. The lowest BCUT2D eigenvalue weighted by Crippen LogP contribution is -2.21. The molecule has 0 aliphatic rings. The van der Waals surface area contributed by atoms with Crippen LogP contribution in [0, 0.1) is 6.92 Å². The standard InChI is InChI=1S/C15H17BrClNOS/c1-4-18-14(13-8-11(17)15(16)20-13)10-7-9(2)5-6-12(10)19-3/h5-8,14,18H,4H2,1-3H3. The van der Waals surface area contributed by atoms with E-state index in [-0.39, 0.29) is 6.04 Å². The van der Waals surface area contributed by atoms with E-state index in [9.17, 15) is 0 Å². The van der Waals surface area contributed by atoms with E-state index in [4.69, 9.17) is 16.3 Å². The van der Waals surface area contributed by atoms with Gasteiger partial charge < -0.3 is 10.1 Å². The Morgan fingerprint density at radius 3 is 2.70 bits per heavy atom. The van der Waals surface area contributed by atoms with Crippen LogP contribution in [0.15, 0.2) is 28.1 Å². The molecular formula is C15H17BrClNOS. The molecule has 2 nitrogen and oxygen atoms in total. The van der Waals surface area contributed by atoms with Gasteiger partial charge in [-0.2, -0.15) is 0 Å². The molecule has 0 fully saturated rings. The fourth-order valence-corrected chi connectivity index (χ4v) is 3.99. The second-order valence-corrected chi connectivity index (χ2v) is 7.32. The fraction of sp³-hybridized carbons (Fsp3) is 0.333. The van der Waals surface area contributed by atoms with Crippen molar-refractivity contribution in [3.8, 4) is 5.75 Å². The van der Waals surface area contributed by atoms with Crippen LogP contribution in [0.4, 0.5) is 0 Å². The van der Waals surface area contributed by atoms with Crippen LogP contribution in [0.25, 0.3) is 0 Å². The Hall–Kier alpha value is -0.550. The summed E-state index contributed by atoms with van der Waals surface area (Å²) in [7, 11) is 1.70. The Balaban J connectivity index is 2.50. The van der Waals surface area contributed by atoms with Crippen molar-refractivity contribution in [2.75, 3.05) is 13.7 Å². The number of rotatable bonds is 5. The lowest BCUT2D eigenvalue weighted by Gasteiger charge is -2.20. The summed E-state index contributed by atoms with van der Waals surface area (Å²) in [6, 6.07) is 8.32. The number of nitrogens with one attached hydrogen (secondary N) is 1. The van der Waals surface area contributed by atoms with Gasteiger partial charge in [0.15, 0.2) is 0 Å². The summed E-state index contributed by atoms with van der Waals surface area (Å²) < 4.78 is 6.47. The Morgan fingerprint density at radius 2 is 2.15 bits per heavy atom. The monoisotopic (exact) mass is 373 g/mol. The van der Waals surface area contributed by atoms with Crippen molar-refractivity contribution in [2.45, 2.75) is 19.9 Å². The predicted molar refractivity (Wildman–Crippen MR) is 90.3 cm³/mol. The van der Waals surface area contributed by atoms with Crippen LogP contribution in [-0.2, 0) is 0 Å². The number of benzene rings is 1. The number of hydrogen-bond acceptors (Lipinski definition) is 3. The lowest BCUT2D eigenvalue weighted by molar-refractivity contribution is 0.404. The van der Waals surface area contributed by atoms with Crippen LogP contribution >= 0.6 is 38.9 Å². The summed E-state index contributed by atoms with van der Waals surface area (Å²) in [6.07, 6.45) is 0. The molecule has 2 rings (SSSR count). The van der Waals surface area contributed by atoms with Gasteiger partial charge in [0.2, 0.25) is 0 Å². The van der Waals surface area contributed by atoms with Gasteiger partial charge in [0.25, 0.3) is 0 Å². The van der Waals surface area contributed by atoms with Gasteiger partial charge in [0, 0.05) is 10.4 Å². The molecule has 0 saturated heterocycles. The first-order chi connectivity index (χ1) is 9.56. The quantitative estimate of drug-likeness (QED) is 0.778. The average molecular weight is 375 g/mol. The molecule has 2 aromatic rings. The first-order valence-electron chi connectivity index (χ1n) is 6.39. The van der Waals surface area contributed by atoms with E-state index in [1.807, 2.05) is 12.1 Å². The molecule has 0 bridgehead atoms. The van der Waals surface area contributed by atoms with Crippen molar-refractivity contribution in [1.29, 1.82) is 0 Å². The Morgan fingerprint density at radius 1 is 1.40 bits per heavy atom. The third-order valence-electron chi connectivity index (χ3n) is 3.05. The van der Waals surface area contributed by atoms with Gasteiger partial charge in [-0.1, -0.05) is 36.2 Å². The highest BCUT2D eigenvalue weighted by Gasteiger charge is 2.20. The van der Waals surface area contributed by atoms with Gasteiger partial charge in [-0.05, 0) is 41.5 Å². The van der Waals surface area contributed by atoms with Gasteiger partial charge in [-0.3, -0.25) is 0 Å². The van der Waals surface area contributed by atoms with Gasteiger partial charge in [0.1, 0.15) is 5.75 Å². The van der Waals surface area contributed by atoms with E-state index in [2.05, 4.69) is 47.2 Å². The van der Waals surface area contributed by atoms with Crippen molar-refractivity contribution in [2.24, 2.45) is 0 Å². The zero-order chi connectivity index (χ0) is 14.7. The highest BCUT2D eigenvalue weighted by Crippen LogP contribution is 2.39. The molecule has 1 N–H and O–H groups in total. The topological polar surface area (TPSA) is 21.3 Å². The molecule has 20 heavy (non-hydrogen) atoms. The summed E-state index contributed by atoms with van der Waals surface area (Å²) in [5, 5.41) is 4.26. The minimum Gasteiger partial charge on any atom is -0.496 e. The van der Waals surface area contributed by atoms with Crippen LogP contribution in [0.2, 0.25) is 5.02 Å². The van der Waals surface area contributed by atoms with Crippen LogP contribution in [0.3, 0.4) is 0 Å². The molecule has 1 aromatic heterocycles. The molecule has 0 saturated carbocycles. The second kappa shape index (κ2) is 6.94. The minimum absolute atomic E-state index is 0.0867. The molecule has 1 unspecified atom stereocenters. The molecule has 108 valence electrons. The Bertz CT molecular complexity index is 580. The molecule has 0 aliphatic carbocycles. The molecule has 1 aromatic carbocycles. The number of halogens is 2. The largest absolute Gasteiger partial charge is 0.496 e. The third-order valence-corrected chi connectivity index (χ3v) is 5.59. The van der Waals surface area contributed by atoms with E-state index < -0.39 is 0 Å². The van der Waals surface area contributed by atoms with Crippen molar-refractivity contribution in [3.05, 3.63) is 49.1 Å². The van der Waals surface area contributed by atoms with E-state index in [0.717, 1.165) is 26.7 Å². The first kappa shape index (κ1) is 15.8. The second-order valence-electron chi connectivity index (χ2n) is 4.51. The molecule has 5 heteroatoms. The Kier molecular flexibility index (Phi) is 5.49. The van der Waals surface area contributed by atoms with Crippen LogP contribution < -0.4 is 10.1 Å². The number of hydrogen-bond donors (Lipinski definition) is 1. The zero-order valence-corrected chi connectivity index (χ0v) is 14.8. The maximum atomic E-state index is 6.17. The van der Waals surface area contributed by atoms with Crippen molar-refractivity contribution < 1.29 is 4.74 Å². The predicted octanol–water partition coefficient (Wildman–Crippen LogP) is 5.18. The van der Waals surface area contributed by atoms with Crippen molar-refractivity contribution in [1.82, 2.24) is 5.32 Å². The molecule has 0 spiro atoms. The number of ether oxygens (including phenoxy) is 1. The van der Waals surface area contributed by atoms with Crippen LogP contribution in [0.1, 0.15) is 29.0 Å². The smallest absolute Gasteiger partial charge is 0.124 e. The first-order valence-corrected chi connectivity index (χ1v) is 8.38. The van der Waals surface area contributed by atoms with Crippen LogP contribution in [0.5, 0.6) is 5.75 Å². The lowest BCUT2D eigenvalue weighted by atomic mass is 10.0. The average Bonchev–Trinajstić information content (AvgIpc) is 2.75. The summed E-state index contributed by atoms with van der Waals surface area (Å²) in [5.41, 5.74) is 2.35. The third kappa shape index (κ3) is 3.37. The van der Waals surface area contributed by atoms with Gasteiger partial charge >= 0.3 is 0 Å². The van der Waals surface area contributed by atoms with Gasteiger partial charge in [-0.15, -0.1) is 11.3 Å². The number of thiophene rings is 1. The Labute approximate surface area is 137 Å². The highest BCUT2D eigenvalue weighted by atomic mass is 79.9. The summed E-state index contributed by atoms with van der Waals surface area (Å²) in [6.45, 7) is 5.05. The minimum atomic E-state index is 0.0867. The highest BCUT2D eigenvalue weighted by molar-refractivity contribution is 9.11. The maximum absolute atomic E-state index is 6.17. The fourth-order valence-electron chi connectivity index (χ4n) is 2.15. The van der Waals surface area contributed by atoms with E-state index >= 15 is 0 Å². The van der Waals surface area contributed by atoms with E-state index in [0.29, 0.717) is 0 Å². The number of aryl methyl sites for hydroxylation is 1. The SMILES string of the molecule is CCNC(c1cc(Cl)c(Br)s1)c1cc(C)ccc1OC. The van der Waals surface area contributed by atoms with Crippen LogP contribution in [-0.4, -0.2) is 13.7 Å². The van der Waals surface area contributed by atoms with E-state index in [1.54, 1.807) is 18.4 Å².